The van der Waals surface area contributed by atoms with Gasteiger partial charge in [0.15, 0.2) is 0 Å². The highest BCUT2D eigenvalue weighted by Crippen LogP contribution is 2.41. The molecule has 7 nitrogen and oxygen atoms in total. The molecule has 148 valence electrons. The Balaban J connectivity index is 1.27. The van der Waals surface area contributed by atoms with E-state index in [1.807, 2.05) is 39.9 Å². The Morgan fingerprint density at radius 3 is 2.93 bits per heavy atom. The summed E-state index contributed by atoms with van der Waals surface area (Å²) in [6, 6.07) is 9.51. The van der Waals surface area contributed by atoms with Crippen LogP contribution in [0.3, 0.4) is 0 Å². The molecular weight excluding hydrogens is 386 g/mol. The van der Waals surface area contributed by atoms with E-state index >= 15 is 0 Å². The van der Waals surface area contributed by atoms with Crippen LogP contribution in [0.15, 0.2) is 47.3 Å². The van der Waals surface area contributed by atoms with Crippen molar-refractivity contribution < 1.29 is 9.59 Å². The number of nitrogens with zero attached hydrogens (tertiary/aromatic N) is 4. The van der Waals surface area contributed by atoms with Crippen LogP contribution in [0, 0.1) is 5.41 Å². The molecule has 1 spiro atoms. The summed E-state index contributed by atoms with van der Waals surface area (Å²) in [5.74, 6) is 0.0499. The van der Waals surface area contributed by atoms with Crippen molar-refractivity contribution in [1.29, 1.82) is 0 Å². The number of amides is 2. The Hall–Kier alpha value is -3.00. The van der Waals surface area contributed by atoms with Crippen LogP contribution in [0.5, 0.6) is 0 Å². The number of aromatic nitrogens is 3. The van der Waals surface area contributed by atoms with Crippen molar-refractivity contribution in [2.24, 2.45) is 5.41 Å². The number of pyridine rings is 1. The number of carbonyl (C=O) groups excluding carboxylic acids is 2. The lowest BCUT2D eigenvalue weighted by atomic mass is 9.85. The number of nitrogens with one attached hydrogen (secondary N) is 1. The standard InChI is InChI=1S/C21H21N5O2S/c27-19(18-11-17(23-24-18)15-4-10-29-13-15)26-9-6-21(14-26)5-8-25(20(21)28)12-16-3-1-2-7-22-16/h1-4,7,10-11,13H,5-6,8-9,12,14H2,(H,23,24). The second kappa shape index (κ2) is 7.11. The molecule has 0 aliphatic carbocycles. The van der Waals surface area contributed by atoms with Gasteiger partial charge in [-0.25, -0.2) is 0 Å². The monoisotopic (exact) mass is 407 g/mol. The van der Waals surface area contributed by atoms with Gasteiger partial charge < -0.3 is 9.80 Å². The molecule has 0 bridgehead atoms. The van der Waals surface area contributed by atoms with Gasteiger partial charge in [-0.15, -0.1) is 0 Å². The quantitative estimate of drug-likeness (QED) is 0.721. The molecule has 2 aliphatic rings. The van der Waals surface area contributed by atoms with Crippen molar-refractivity contribution >= 4 is 23.2 Å². The lowest BCUT2D eigenvalue weighted by molar-refractivity contribution is -0.135. The molecule has 1 atom stereocenters. The molecule has 8 heteroatoms. The average molecular weight is 407 g/mol. The molecule has 1 N–H and O–H groups in total. The summed E-state index contributed by atoms with van der Waals surface area (Å²) in [5, 5.41) is 11.1. The molecule has 0 radical (unpaired) electrons. The van der Waals surface area contributed by atoms with E-state index < -0.39 is 5.41 Å². The Morgan fingerprint density at radius 1 is 1.24 bits per heavy atom. The maximum atomic E-state index is 13.1. The highest BCUT2D eigenvalue weighted by molar-refractivity contribution is 7.08. The molecule has 2 saturated heterocycles. The first kappa shape index (κ1) is 18.1. The number of likely N-dealkylation sites (tertiary alicyclic amines) is 2. The van der Waals surface area contributed by atoms with E-state index in [2.05, 4.69) is 15.2 Å². The van der Waals surface area contributed by atoms with Gasteiger partial charge in [-0.05, 0) is 42.5 Å². The fraction of sp³-hybridized carbons (Fsp3) is 0.333. The molecule has 3 aromatic rings. The number of hydrogen-bond acceptors (Lipinski definition) is 5. The van der Waals surface area contributed by atoms with Crippen LogP contribution in [-0.2, 0) is 11.3 Å². The normalized spacial score (nSPS) is 21.4. The molecule has 2 fully saturated rings. The van der Waals surface area contributed by atoms with E-state index in [9.17, 15) is 9.59 Å². The minimum Gasteiger partial charge on any atom is -0.336 e. The van der Waals surface area contributed by atoms with E-state index in [0.717, 1.165) is 23.4 Å². The first-order chi connectivity index (χ1) is 14.1. The summed E-state index contributed by atoms with van der Waals surface area (Å²) >= 11 is 1.60. The van der Waals surface area contributed by atoms with Crippen molar-refractivity contribution in [3.63, 3.8) is 0 Å². The highest BCUT2D eigenvalue weighted by Gasteiger charge is 2.51. The lowest BCUT2D eigenvalue weighted by Crippen LogP contribution is -2.38. The van der Waals surface area contributed by atoms with Gasteiger partial charge in [0, 0.05) is 36.8 Å². The van der Waals surface area contributed by atoms with Crippen molar-refractivity contribution in [3.05, 3.63) is 58.7 Å². The molecule has 5 rings (SSSR count). The molecule has 0 aromatic carbocycles. The van der Waals surface area contributed by atoms with Gasteiger partial charge in [0.1, 0.15) is 5.69 Å². The van der Waals surface area contributed by atoms with Gasteiger partial charge in [-0.1, -0.05) is 6.07 Å². The van der Waals surface area contributed by atoms with E-state index in [1.54, 1.807) is 28.5 Å². The molecule has 2 aliphatic heterocycles. The summed E-state index contributed by atoms with van der Waals surface area (Å²) in [6.45, 7) is 2.30. The number of rotatable bonds is 4. The van der Waals surface area contributed by atoms with Crippen molar-refractivity contribution in [3.8, 4) is 11.3 Å². The SMILES string of the molecule is O=C(c1cc(-c2ccsc2)n[nH]1)N1CCC2(CCN(Cc3ccccn3)C2=O)C1. The van der Waals surface area contributed by atoms with Gasteiger partial charge in [-0.2, -0.15) is 16.4 Å². The number of thiophene rings is 1. The van der Waals surface area contributed by atoms with Crippen molar-refractivity contribution in [1.82, 2.24) is 25.0 Å². The van der Waals surface area contributed by atoms with Crippen LogP contribution in [0.4, 0.5) is 0 Å². The number of H-pyrrole nitrogens is 1. The molecule has 1 unspecified atom stereocenters. The number of aromatic amines is 1. The summed E-state index contributed by atoms with van der Waals surface area (Å²) in [4.78, 5) is 34.1. The van der Waals surface area contributed by atoms with E-state index in [0.29, 0.717) is 38.3 Å². The largest absolute Gasteiger partial charge is 0.336 e. The fourth-order valence-corrected chi connectivity index (χ4v) is 4.96. The lowest BCUT2D eigenvalue weighted by Gasteiger charge is -2.23. The van der Waals surface area contributed by atoms with Crippen LogP contribution in [0.1, 0.15) is 29.0 Å². The Kier molecular flexibility index (Phi) is 4.43. The molecule has 3 aromatic heterocycles. The van der Waals surface area contributed by atoms with Crippen LogP contribution in [-0.4, -0.2) is 56.4 Å². The third-order valence-electron chi connectivity index (χ3n) is 5.95. The molecule has 0 saturated carbocycles. The van der Waals surface area contributed by atoms with Gasteiger partial charge in [0.2, 0.25) is 5.91 Å². The summed E-state index contributed by atoms with van der Waals surface area (Å²) in [6.07, 6.45) is 3.24. The zero-order chi connectivity index (χ0) is 19.8. The van der Waals surface area contributed by atoms with Crippen LogP contribution in [0.2, 0.25) is 0 Å². The Bertz CT molecular complexity index is 1030. The zero-order valence-electron chi connectivity index (χ0n) is 15.9. The topological polar surface area (TPSA) is 82.2 Å². The summed E-state index contributed by atoms with van der Waals surface area (Å²) in [7, 11) is 0. The summed E-state index contributed by atoms with van der Waals surface area (Å²) in [5.41, 5.74) is 2.67. The van der Waals surface area contributed by atoms with Crippen LogP contribution >= 0.6 is 11.3 Å². The second-order valence-electron chi connectivity index (χ2n) is 7.73. The third-order valence-corrected chi connectivity index (χ3v) is 6.63. The predicted molar refractivity (Wildman–Crippen MR) is 109 cm³/mol. The Labute approximate surface area is 172 Å². The molecule has 2 amide bonds. The predicted octanol–water partition coefficient (Wildman–Crippen LogP) is 2.80. The van der Waals surface area contributed by atoms with Crippen molar-refractivity contribution in [2.45, 2.75) is 19.4 Å². The van der Waals surface area contributed by atoms with E-state index in [4.69, 9.17) is 0 Å². The second-order valence-corrected chi connectivity index (χ2v) is 8.51. The minimum atomic E-state index is -0.458. The molecule has 5 heterocycles. The maximum absolute atomic E-state index is 13.1. The number of hydrogen-bond donors (Lipinski definition) is 1. The van der Waals surface area contributed by atoms with E-state index in [-0.39, 0.29) is 11.8 Å². The van der Waals surface area contributed by atoms with Gasteiger partial charge in [0.25, 0.3) is 5.91 Å². The zero-order valence-corrected chi connectivity index (χ0v) is 16.7. The Morgan fingerprint density at radius 2 is 2.14 bits per heavy atom. The van der Waals surface area contributed by atoms with E-state index in [1.165, 1.54) is 0 Å². The summed E-state index contributed by atoms with van der Waals surface area (Å²) < 4.78 is 0. The van der Waals surface area contributed by atoms with Crippen LogP contribution < -0.4 is 0 Å². The van der Waals surface area contributed by atoms with Crippen molar-refractivity contribution in [2.75, 3.05) is 19.6 Å². The number of carbonyl (C=O) groups is 2. The first-order valence-corrected chi connectivity index (χ1v) is 10.7. The fourth-order valence-electron chi connectivity index (χ4n) is 4.32. The minimum absolute atomic E-state index is 0.0909. The average Bonchev–Trinajstić information content (AvgIpc) is 3.53. The van der Waals surface area contributed by atoms with Gasteiger partial charge >= 0.3 is 0 Å². The highest BCUT2D eigenvalue weighted by atomic mass is 32.1. The molecular formula is C21H21N5O2S. The first-order valence-electron chi connectivity index (χ1n) is 9.71. The van der Waals surface area contributed by atoms with Crippen LogP contribution in [0.25, 0.3) is 11.3 Å². The third kappa shape index (κ3) is 3.23. The molecule has 29 heavy (non-hydrogen) atoms. The maximum Gasteiger partial charge on any atom is 0.271 e. The smallest absolute Gasteiger partial charge is 0.271 e. The van der Waals surface area contributed by atoms with Gasteiger partial charge in [-0.3, -0.25) is 19.7 Å². The van der Waals surface area contributed by atoms with Gasteiger partial charge in [0.05, 0.1) is 23.3 Å².